The Bertz CT molecular complexity index is 1150. The second-order valence-corrected chi connectivity index (χ2v) is 6.30. The van der Waals surface area contributed by atoms with Crippen LogP contribution >= 0.6 is 11.6 Å². The lowest BCUT2D eigenvalue weighted by atomic mass is 10.2. The molecule has 2 N–H and O–H groups in total. The van der Waals surface area contributed by atoms with Crippen LogP contribution in [-0.2, 0) is 20.9 Å². The maximum atomic E-state index is 12.4. The summed E-state index contributed by atoms with van der Waals surface area (Å²) in [6.45, 7) is 0.824. The fourth-order valence-corrected chi connectivity index (χ4v) is 2.56. The Labute approximate surface area is 162 Å². The molecule has 3 rings (SSSR count). The number of H-pyrrole nitrogens is 1. The summed E-state index contributed by atoms with van der Waals surface area (Å²) in [4.78, 5) is 52.5. The highest BCUT2D eigenvalue weighted by molar-refractivity contribution is 6.30. The highest BCUT2D eigenvalue weighted by Crippen LogP contribution is 2.10. The van der Waals surface area contributed by atoms with Gasteiger partial charge in [0.2, 0.25) is 0 Å². The molecular formula is C18H15ClN4O5. The molecular weight excluding hydrogens is 388 g/mol. The summed E-state index contributed by atoms with van der Waals surface area (Å²) in [6, 6.07) is 9.28. The minimum absolute atomic E-state index is 0.179. The lowest BCUT2D eigenvalue weighted by Gasteiger charge is -2.14. The van der Waals surface area contributed by atoms with Crippen molar-refractivity contribution in [3.63, 3.8) is 0 Å². The first-order chi connectivity index (χ1) is 13.3. The number of aromatic amines is 1. The first kappa shape index (κ1) is 19.3. The zero-order chi connectivity index (χ0) is 20.3. The lowest BCUT2D eigenvalue weighted by molar-refractivity contribution is -0.154. The summed E-state index contributed by atoms with van der Waals surface area (Å²) < 4.78 is 5.88. The van der Waals surface area contributed by atoms with Crippen LogP contribution in [-0.4, -0.2) is 32.7 Å². The summed E-state index contributed by atoms with van der Waals surface area (Å²) >= 11 is 5.72. The highest BCUT2D eigenvalue weighted by atomic mass is 35.5. The van der Waals surface area contributed by atoms with Gasteiger partial charge in [-0.15, -0.1) is 0 Å². The number of carbonyl (C=O) groups is 2. The molecule has 9 nitrogen and oxygen atoms in total. The molecule has 0 aliphatic heterocycles. The van der Waals surface area contributed by atoms with Gasteiger partial charge in [-0.2, -0.15) is 0 Å². The van der Waals surface area contributed by atoms with E-state index in [4.69, 9.17) is 16.3 Å². The van der Waals surface area contributed by atoms with Crippen LogP contribution in [0.25, 0.3) is 10.8 Å². The van der Waals surface area contributed by atoms with Crippen molar-refractivity contribution in [1.29, 1.82) is 0 Å². The Morgan fingerprint density at radius 3 is 2.61 bits per heavy atom. The van der Waals surface area contributed by atoms with Gasteiger partial charge in [-0.05, 0) is 31.2 Å². The van der Waals surface area contributed by atoms with Gasteiger partial charge in [0.05, 0.1) is 15.8 Å². The van der Waals surface area contributed by atoms with Gasteiger partial charge >= 0.3 is 5.97 Å². The third-order valence-electron chi connectivity index (χ3n) is 3.83. The molecule has 0 radical (unpaired) electrons. The number of nitrogens with zero attached hydrogens (tertiary/aromatic N) is 2. The molecule has 2 aromatic heterocycles. The van der Waals surface area contributed by atoms with Crippen molar-refractivity contribution >= 4 is 40.1 Å². The number of halogens is 1. The number of aromatic nitrogens is 3. The van der Waals surface area contributed by atoms with E-state index in [2.05, 4.69) is 15.4 Å². The number of nitrogens with one attached hydrogen (secondary N) is 2. The Kier molecular flexibility index (Phi) is 5.55. The van der Waals surface area contributed by atoms with Gasteiger partial charge < -0.3 is 10.1 Å². The van der Waals surface area contributed by atoms with Gasteiger partial charge in [0, 0.05) is 6.20 Å². The smallest absolute Gasteiger partial charge is 0.328 e. The van der Waals surface area contributed by atoms with E-state index in [0.717, 1.165) is 4.68 Å². The van der Waals surface area contributed by atoms with Crippen LogP contribution in [0.3, 0.4) is 0 Å². The molecule has 0 bridgehead atoms. The first-order valence-corrected chi connectivity index (χ1v) is 8.56. The number of anilines is 1. The topological polar surface area (TPSA) is 123 Å². The Morgan fingerprint density at radius 2 is 1.93 bits per heavy atom. The van der Waals surface area contributed by atoms with E-state index in [1.807, 2.05) is 0 Å². The number of esters is 1. The molecule has 1 amide bonds. The monoisotopic (exact) mass is 402 g/mol. The Hall–Kier alpha value is -3.46. The SMILES string of the molecule is CC(OC(=O)Cn1[nH]c(=O)c2ccccc2c1=O)C(=O)Nc1ccc(Cl)cn1. The van der Waals surface area contributed by atoms with E-state index in [1.165, 1.54) is 31.3 Å². The number of hydrogen-bond donors (Lipinski definition) is 2. The molecule has 0 saturated heterocycles. The molecule has 0 aliphatic carbocycles. The minimum atomic E-state index is -1.15. The quantitative estimate of drug-likeness (QED) is 0.620. The van der Waals surface area contributed by atoms with Gasteiger partial charge in [-0.3, -0.25) is 24.3 Å². The van der Waals surface area contributed by atoms with Crippen molar-refractivity contribution < 1.29 is 14.3 Å². The number of pyridine rings is 1. The number of amides is 1. The average Bonchev–Trinajstić information content (AvgIpc) is 2.67. The van der Waals surface area contributed by atoms with Crippen molar-refractivity contribution in [3.8, 4) is 0 Å². The molecule has 1 unspecified atom stereocenters. The molecule has 0 aliphatic rings. The molecule has 3 aromatic rings. The summed E-state index contributed by atoms with van der Waals surface area (Å²) in [5, 5.41) is 5.60. The summed E-state index contributed by atoms with van der Waals surface area (Å²) in [5.41, 5.74) is -1.06. The number of rotatable bonds is 5. The van der Waals surface area contributed by atoms with Crippen molar-refractivity contribution in [2.24, 2.45) is 0 Å². The van der Waals surface area contributed by atoms with Crippen LogP contribution in [0, 0.1) is 0 Å². The van der Waals surface area contributed by atoms with E-state index in [9.17, 15) is 19.2 Å². The van der Waals surface area contributed by atoms with Gasteiger partial charge in [0.1, 0.15) is 12.4 Å². The second kappa shape index (κ2) is 8.05. The molecule has 2 heterocycles. The lowest BCUT2D eigenvalue weighted by Crippen LogP contribution is -2.36. The number of fused-ring (bicyclic) bond motifs is 1. The van der Waals surface area contributed by atoms with E-state index < -0.39 is 35.6 Å². The third-order valence-corrected chi connectivity index (χ3v) is 4.05. The molecule has 28 heavy (non-hydrogen) atoms. The highest BCUT2D eigenvalue weighted by Gasteiger charge is 2.19. The molecule has 0 saturated carbocycles. The maximum absolute atomic E-state index is 12.4. The number of benzene rings is 1. The van der Waals surface area contributed by atoms with Gasteiger partial charge in [-0.25, -0.2) is 9.67 Å². The van der Waals surface area contributed by atoms with Crippen molar-refractivity contribution in [2.75, 3.05) is 5.32 Å². The summed E-state index contributed by atoms with van der Waals surface area (Å²) in [6.07, 6.45) is 0.212. The first-order valence-electron chi connectivity index (χ1n) is 8.19. The van der Waals surface area contributed by atoms with Crippen LogP contribution in [0.1, 0.15) is 6.92 Å². The van der Waals surface area contributed by atoms with Crippen molar-refractivity contribution in [1.82, 2.24) is 14.8 Å². The minimum Gasteiger partial charge on any atom is -0.451 e. The van der Waals surface area contributed by atoms with Crippen LogP contribution in [0.2, 0.25) is 5.02 Å². The molecule has 10 heteroatoms. The zero-order valence-electron chi connectivity index (χ0n) is 14.6. The van der Waals surface area contributed by atoms with Gasteiger partial charge in [0.15, 0.2) is 6.10 Å². The molecule has 1 aromatic carbocycles. The van der Waals surface area contributed by atoms with Gasteiger partial charge in [-0.1, -0.05) is 23.7 Å². The summed E-state index contributed by atoms with van der Waals surface area (Å²) in [7, 11) is 0. The van der Waals surface area contributed by atoms with Crippen molar-refractivity contribution in [3.05, 3.63) is 68.3 Å². The molecule has 1 atom stereocenters. The molecule has 0 spiro atoms. The zero-order valence-corrected chi connectivity index (χ0v) is 15.4. The Balaban J connectivity index is 1.68. The largest absolute Gasteiger partial charge is 0.451 e. The second-order valence-electron chi connectivity index (χ2n) is 5.86. The predicted octanol–water partition coefficient (Wildman–Crippen LogP) is 1.31. The fraction of sp³-hybridized carbons (Fsp3) is 0.167. The normalized spacial score (nSPS) is 11.8. The molecule has 0 fully saturated rings. The molecule has 144 valence electrons. The van der Waals surface area contributed by atoms with E-state index in [-0.39, 0.29) is 16.6 Å². The van der Waals surface area contributed by atoms with Crippen LogP contribution in [0.15, 0.2) is 52.2 Å². The Morgan fingerprint density at radius 1 is 1.21 bits per heavy atom. The standard InChI is InChI=1S/C18H15ClN4O5/c1-10(16(25)21-14-7-6-11(19)8-20-14)28-15(24)9-23-18(27)13-5-3-2-4-12(13)17(26)22-23/h2-8,10H,9H2,1H3,(H,22,26)(H,20,21,25). The maximum Gasteiger partial charge on any atom is 0.328 e. The van der Waals surface area contributed by atoms with E-state index in [1.54, 1.807) is 18.2 Å². The van der Waals surface area contributed by atoms with Gasteiger partial charge in [0.25, 0.3) is 17.0 Å². The number of carbonyl (C=O) groups excluding carboxylic acids is 2. The number of ether oxygens (including phenoxy) is 1. The number of hydrogen-bond acceptors (Lipinski definition) is 6. The van der Waals surface area contributed by atoms with Crippen LogP contribution in [0.5, 0.6) is 0 Å². The average molecular weight is 403 g/mol. The van der Waals surface area contributed by atoms with E-state index in [0.29, 0.717) is 5.02 Å². The summed E-state index contributed by atoms with van der Waals surface area (Å²) in [5.74, 6) is -1.23. The third kappa shape index (κ3) is 4.26. The van der Waals surface area contributed by atoms with Crippen LogP contribution in [0.4, 0.5) is 5.82 Å². The predicted molar refractivity (Wildman–Crippen MR) is 102 cm³/mol. The van der Waals surface area contributed by atoms with Crippen LogP contribution < -0.4 is 16.4 Å². The fourth-order valence-electron chi connectivity index (χ4n) is 2.45. The van der Waals surface area contributed by atoms with E-state index >= 15 is 0 Å². The van der Waals surface area contributed by atoms with Crippen molar-refractivity contribution in [2.45, 2.75) is 19.6 Å².